The smallest absolute Gasteiger partial charge is 0.277 e. The van der Waals surface area contributed by atoms with Gasteiger partial charge in [0.1, 0.15) is 41.3 Å². The monoisotopic (exact) mass is 561 g/mol. The molecule has 0 saturated carbocycles. The molecule has 2 aromatic carbocycles. The van der Waals surface area contributed by atoms with E-state index in [1.54, 1.807) is 19.1 Å². The van der Waals surface area contributed by atoms with Gasteiger partial charge in [-0.15, -0.1) is 0 Å². The Bertz CT molecular complexity index is 1520. The van der Waals surface area contributed by atoms with Gasteiger partial charge < -0.3 is 14.9 Å². The molecule has 1 aliphatic rings. The van der Waals surface area contributed by atoms with Crippen molar-refractivity contribution in [3.05, 3.63) is 80.7 Å². The Morgan fingerprint density at radius 2 is 1.79 bits per heavy atom. The van der Waals surface area contributed by atoms with E-state index in [4.69, 9.17) is 16.3 Å². The van der Waals surface area contributed by atoms with Crippen molar-refractivity contribution < 1.29 is 33.3 Å². The van der Waals surface area contributed by atoms with E-state index in [1.165, 1.54) is 46.4 Å². The number of ether oxygens (including phenoxy) is 1. The summed E-state index contributed by atoms with van der Waals surface area (Å²) in [6, 6.07) is 9.16. The minimum Gasteiger partial charge on any atom is -0.487 e. The van der Waals surface area contributed by atoms with Crippen LogP contribution < -0.4 is 20.1 Å². The van der Waals surface area contributed by atoms with Crippen LogP contribution in [0.5, 0.6) is 5.75 Å². The van der Waals surface area contributed by atoms with Crippen LogP contribution in [0.4, 0.5) is 20.2 Å². The van der Waals surface area contributed by atoms with Crippen molar-refractivity contribution in [1.82, 2.24) is 4.57 Å². The van der Waals surface area contributed by atoms with Gasteiger partial charge in [0.15, 0.2) is 0 Å². The lowest BCUT2D eigenvalue weighted by atomic mass is 10.1. The second-order valence-electron chi connectivity index (χ2n) is 9.53. The Kier molecular flexibility index (Phi) is 7.78. The van der Waals surface area contributed by atoms with Crippen LogP contribution >= 0.6 is 11.6 Å². The van der Waals surface area contributed by atoms with Crippen LogP contribution in [-0.4, -0.2) is 45.5 Å². The van der Waals surface area contributed by atoms with E-state index in [0.29, 0.717) is 17.1 Å². The topological polar surface area (TPSA) is 112 Å². The van der Waals surface area contributed by atoms with E-state index >= 15 is 0 Å². The molecule has 0 atom stereocenters. The van der Waals surface area contributed by atoms with E-state index in [0.717, 1.165) is 12.1 Å². The fourth-order valence-corrected chi connectivity index (χ4v) is 4.43. The first kappa shape index (κ1) is 28.2. The van der Waals surface area contributed by atoms with Crippen LogP contribution in [0.1, 0.15) is 31.5 Å². The summed E-state index contributed by atoms with van der Waals surface area (Å²) >= 11 is 6.32. The number of hydrogen-bond acceptors (Lipinski definition) is 6. The van der Waals surface area contributed by atoms with E-state index in [9.17, 15) is 33.4 Å². The SMILES string of the molecule is Cc1cc(OCc2ccc(F)cc2F)c(Cl)c(=O)n1-c1ccc2c(c1)N(C(=O)C(C)(C)O)CN2C(=O)CCO. The molecule has 2 N–H and O–H groups in total. The Labute approximate surface area is 227 Å². The lowest BCUT2D eigenvalue weighted by molar-refractivity contribution is -0.133. The molecule has 0 radical (unpaired) electrons. The van der Waals surface area contributed by atoms with Gasteiger partial charge >= 0.3 is 0 Å². The molecule has 2 amide bonds. The minimum atomic E-state index is -1.75. The van der Waals surface area contributed by atoms with Gasteiger partial charge in [-0.05, 0) is 51.1 Å². The van der Waals surface area contributed by atoms with Crippen LogP contribution in [0.25, 0.3) is 5.69 Å². The molecule has 4 rings (SSSR count). The first-order chi connectivity index (χ1) is 18.3. The van der Waals surface area contributed by atoms with Gasteiger partial charge in [-0.25, -0.2) is 8.78 Å². The number of aliphatic hydroxyl groups is 2. The van der Waals surface area contributed by atoms with Crippen LogP contribution in [-0.2, 0) is 16.2 Å². The average molecular weight is 562 g/mol. The Morgan fingerprint density at radius 3 is 2.44 bits per heavy atom. The minimum absolute atomic E-state index is 0.0000820. The normalized spacial score (nSPS) is 13.0. The van der Waals surface area contributed by atoms with Crippen molar-refractivity contribution in [2.75, 3.05) is 23.1 Å². The van der Waals surface area contributed by atoms with Crippen molar-refractivity contribution in [3.8, 4) is 11.4 Å². The maximum Gasteiger partial charge on any atom is 0.277 e. The predicted octanol–water partition coefficient (Wildman–Crippen LogP) is 3.45. The highest BCUT2D eigenvalue weighted by Gasteiger charge is 2.39. The van der Waals surface area contributed by atoms with Crippen molar-refractivity contribution in [2.24, 2.45) is 0 Å². The van der Waals surface area contributed by atoms with Gasteiger partial charge in [-0.1, -0.05) is 11.6 Å². The zero-order chi connectivity index (χ0) is 28.6. The van der Waals surface area contributed by atoms with Crippen LogP contribution in [0, 0.1) is 18.6 Å². The molecule has 0 unspecified atom stereocenters. The number of aryl methyl sites for hydroxylation is 1. The highest BCUT2D eigenvalue weighted by molar-refractivity contribution is 6.31. The summed E-state index contributed by atoms with van der Waals surface area (Å²) in [5, 5.41) is 19.3. The molecule has 12 heteroatoms. The number of rotatable bonds is 7. The average Bonchev–Trinajstić information content (AvgIpc) is 3.24. The molecule has 3 aromatic rings. The number of aromatic nitrogens is 1. The Morgan fingerprint density at radius 1 is 1.08 bits per heavy atom. The number of aliphatic hydroxyl groups excluding tert-OH is 1. The van der Waals surface area contributed by atoms with Crippen molar-refractivity contribution in [1.29, 1.82) is 0 Å². The third-order valence-electron chi connectivity index (χ3n) is 6.18. The Hall–Kier alpha value is -3.80. The van der Waals surface area contributed by atoms with Gasteiger partial charge in [0.25, 0.3) is 11.5 Å². The molecular weight excluding hydrogens is 536 g/mol. The maximum atomic E-state index is 14.0. The number of hydrogen-bond donors (Lipinski definition) is 2. The number of carbonyl (C=O) groups is 2. The van der Waals surface area contributed by atoms with Gasteiger partial charge in [-0.3, -0.25) is 28.8 Å². The summed E-state index contributed by atoms with van der Waals surface area (Å²) in [7, 11) is 0. The van der Waals surface area contributed by atoms with Crippen LogP contribution in [0.2, 0.25) is 5.02 Å². The second-order valence-corrected chi connectivity index (χ2v) is 9.91. The largest absolute Gasteiger partial charge is 0.487 e. The van der Waals surface area contributed by atoms with Crippen LogP contribution in [0.15, 0.2) is 47.3 Å². The van der Waals surface area contributed by atoms with E-state index in [1.807, 2.05) is 0 Å². The van der Waals surface area contributed by atoms with Crippen molar-refractivity contribution in [2.45, 2.75) is 39.4 Å². The summed E-state index contributed by atoms with van der Waals surface area (Å²) < 4.78 is 34.0. The summed E-state index contributed by atoms with van der Waals surface area (Å²) in [6.45, 7) is 3.41. The molecule has 206 valence electrons. The highest BCUT2D eigenvalue weighted by atomic mass is 35.5. The van der Waals surface area contributed by atoms with E-state index in [-0.39, 0.29) is 48.3 Å². The molecule has 1 aromatic heterocycles. The van der Waals surface area contributed by atoms with Gasteiger partial charge in [0.2, 0.25) is 5.91 Å². The molecule has 2 heterocycles. The highest BCUT2D eigenvalue weighted by Crippen LogP contribution is 2.39. The fourth-order valence-electron chi connectivity index (χ4n) is 4.24. The molecular formula is C27H26ClF2N3O6. The van der Waals surface area contributed by atoms with Gasteiger partial charge in [0, 0.05) is 23.4 Å². The number of nitrogens with zero attached hydrogens (tertiary/aromatic N) is 3. The first-order valence-corrected chi connectivity index (χ1v) is 12.3. The zero-order valence-corrected chi connectivity index (χ0v) is 22.1. The molecule has 9 nitrogen and oxygen atoms in total. The standard InChI is InChI=1S/C27H26ClF2N3O6/c1-15-10-22(39-13-16-4-5-17(29)11-19(16)30)24(28)25(36)33(15)18-6-7-20-21(12-18)32(26(37)27(2,3)38)14-31(20)23(35)8-9-34/h4-7,10-12,34,38H,8-9,13-14H2,1-3H3. The fraction of sp³-hybridized carbons (Fsp3) is 0.296. The third-order valence-corrected chi connectivity index (χ3v) is 6.52. The van der Waals surface area contributed by atoms with Crippen molar-refractivity contribution in [3.63, 3.8) is 0 Å². The molecule has 0 fully saturated rings. The van der Waals surface area contributed by atoms with Crippen molar-refractivity contribution >= 4 is 34.8 Å². The summed E-state index contributed by atoms with van der Waals surface area (Å²) in [5.74, 6) is -2.62. The molecule has 0 aliphatic carbocycles. The quantitative estimate of drug-likeness (QED) is 0.457. The van der Waals surface area contributed by atoms with Gasteiger partial charge in [-0.2, -0.15) is 0 Å². The predicted molar refractivity (Wildman–Crippen MR) is 140 cm³/mol. The lowest BCUT2D eigenvalue weighted by Crippen LogP contribution is -2.47. The molecule has 0 spiro atoms. The van der Waals surface area contributed by atoms with Gasteiger partial charge in [0.05, 0.1) is 30.1 Å². The lowest BCUT2D eigenvalue weighted by Gasteiger charge is -2.25. The number of halogens is 3. The number of carbonyl (C=O) groups excluding carboxylic acids is 2. The number of benzene rings is 2. The summed E-state index contributed by atoms with van der Waals surface area (Å²) in [4.78, 5) is 41.4. The third kappa shape index (κ3) is 5.51. The first-order valence-electron chi connectivity index (χ1n) is 11.9. The van der Waals surface area contributed by atoms with E-state index in [2.05, 4.69) is 0 Å². The molecule has 0 saturated heterocycles. The number of pyridine rings is 1. The van der Waals surface area contributed by atoms with Crippen LogP contribution in [0.3, 0.4) is 0 Å². The molecule has 0 bridgehead atoms. The number of amides is 2. The molecule has 39 heavy (non-hydrogen) atoms. The maximum absolute atomic E-state index is 14.0. The Balaban J connectivity index is 1.73. The number of anilines is 2. The van der Waals surface area contributed by atoms with E-state index < -0.39 is 34.6 Å². The summed E-state index contributed by atoms with van der Waals surface area (Å²) in [6.07, 6.45) is -0.163. The second kappa shape index (κ2) is 10.8. The summed E-state index contributed by atoms with van der Waals surface area (Å²) in [5.41, 5.74) is -0.969. The molecule has 1 aliphatic heterocycles. The zero-order valence-electron chi connectivity index (χ0n) is 21.4. The number of fused-ring (bicyclic) bond motifs is 1.